The number of aliphatic hydroxyl groups is 1. The van der Waals surface area contributed by atoms with Crippen molar-refractivity contribution in [2.75, 3.05) is 6.54 Å². The number of ketones is 2. The molecule has 0 spiro atoms. The van der Waals surface area contributed by atoms with Gasteiger partial charge in [-0.2, -0.15) is 0 Å². The van der Waals surface area contributed by atoms with E-state index in [0.29, 0.717) is 24.2 Å². The summed E-state index contributed by atoms with van der Waals surface area (Å²) in [6.45, 7) is 0.635. The maximum absolute atomic E-state index is 11.6. The van der Waals surface area contributed by atoms with Gasteiger partial charge in [0.1, 0.15) is 5.76 Å². The third-order valence-electron chi connectivity index (χ3n) is 2.38. The summed E-state index contributed by atoms with van der Waals surface area (Å²) in [7, 11) is 0. The van der Waals surface area contributed by atoms with E-state index < -0.39 is 11.6 Å². The standard InChI is InChI=1S/C10H10N2O3/c11-2-1-5-4-12-9-6(13)3-7(14)10(15)8(5)9/h3-4,12-13H,1-2,11H2/p+1. The van der Waals surface area contributed by atoms with Crippen molar-refractivity contribution in [3.05, 3.63) is 29.1 Å². The average molecular weight is 207 g/mol. The number of aromatic amines is 1. The number of hydrogen-bond donors (Lipinski definition) is 3. The number of rotatable bonds is 2. The molecule has 0 bridgehead atoms. The third kappa shape index (κ3) is 1.37. The normalized spacial score (nSPS) is 15.1. The third-order valence-corrected chi connectivity index (χ3v) is 2.38. The molecule has 1 aromatic heterocycles. The van der Waals surface area contributed by atoms with Crippen LogP contribution in [0.2, 0.25) is 0 Å². The first-order valence-electron chi connectivity index (χ1n) is 4.64. The molecule has 0 amide bonds. The molecule has 1 aliphatic carbocycles. The molecule has 0 aromatic carbocycles. The molecule has 1 aromatic rings. The number of carbonyl (C=O) groups is 2. The molecule has 78 valence electrons. The summed E-state index contributed by atoms with van der Waals surface area (Å²) in [4.78, 5) is 25.6. The van der Waals surface area contributed by atoms with Gasteiger partial charge in [-0.05, 0) is 5.56 Å². The van der Waals surface area contributed by atoms with Crippen LogP contribution < -0.4 is 5.73 Å². The molecule has 0 atom stereocenters. The van der Waals surface area contributed by atoms with Crippen LogP contribution >= 0.6 is 0 Å². The van der Waals surface area contributed by atoms with Crippen LogP contribution in [0.5, 0.6) is 0 Å². The van der Waals surface area contributed by atoms with Gasteiger partial charge in [-0.1, -0.05) is 0 Å². The lowest BCUT2D eigenvalue weighted by atomic mass is 9.95. The number of hydrogen-bond acceptors (Lipinski definition) is 3. The number of carbonyl (C=O) groups excluding carboxylic acids is 2. The lowest BCUT2D eigenvalue weighted by molar-refractivity contribution is -0.366. The van der Waals surface area contributed by atoms with Crippen molar-refractivity contribution < 1.29 is 20.4 Å². The molecule has 0 saturated heterocycles. The van der Waals surface area contributed by atoms with Crippen LogP contribution in [-0.4, -0.2) is 28.2 Å². The van der Waals surface area contributed by atoms with Gasteiger partial charge in [0.2, 0.25) is 11.6 Å². The molecule has 5 heteroatoms. The van der Waals surface area contributed by atoms with E-state index in [1.54, 1.807) is 6.20 Å². The number of nitrogens with one attached hydrogen (secondary N) is 1. The molecule has 0 saturated carbocycles. The fraction of sp³-hybridized carbons (Fsp3) is 0.200. The van der Waals surface area contributed by atoms with Crippen LogP contribution in [-0.2, 0) is 11.2 Å². The number of aromatic nitrogens is 1. The van der Waals surface area contributed by atoms with Crippen molar-refractivity contribution in [1.82, 2.24) is 4.98 Å². The fourth-order valence-electron chi connectivity index (χ4n) is 1.70. The van der Waals surface area contributed by atoms with Crippen molar-refractivity contribution in [3.8, 4) is 0 Å². The lowest BCUT2D eigenvalue weighted by Crippen LogP contribution is -2.51. The minimum atomic E-state index is -0.676. The van der Waals surface area contributed by atoms with Gasteiger partial charge in [-0.15, -0.1) is 0 Å². The molecule has 1 aliphatic rings. The van der Waals surface area contributed by atoms with Gasteiger partial charge in [0.15, 0.2) is 0 Å². The number of allylic oxidation sites excluding steroid dienone is 1. The van der Waals surface area contributed by atoms with Crippen LogP contribution in [0.4, 0.5) is 0 Å². The Morgan fingerprint density at radius 2 is 2.13 bits per heavy atom. The summed E-state index contributed by atoms with van der Waals surface area (Å²) in [5, 5.41) is 9.47. The van der Waals surface area contributed by atoms with E-state index in [2.05, 4.69) is 10.7 Å². The van der Waals surface area contributed by atoms with E-state index in [1.165, 1.54) is 0 Å². The number of Topliss-reactive ketones (excluding diaryl/α,β-unsaturated/α-hetero) is 1. The second-order valence-electron chi connectivity index (χ2n) is 3.39. The Morgan fingerprint density at radius 3 is 2.80 bits per heavy atom. The molecular weight excluding hydrogens is 196 g/mol. The number of aliphatic hydroxyl groups excluding tert-OH is 1. The Balaban J connectivity index is 2.57. The SMILES string of the molecule is [NH3+]CCc1c[nH]c2c1C(=O)C(=O)C=C2O. The largest absolute Gasteiger partial charge is 0.506 e. The van der Waals surface area contributed by atoms with Crippen LogP contribution in [0.25, 0.3) is 5.76 Å². The molecule has 0 aliphatic heterocycles. The van der Waals surface area contributed by atoms with Crippen LogP contribution in [0.3, 0.4) is 0 Å². The van der Waals surface area contributed by atoms with E-state index in [9.17, 15) is 14.7 Å². The first kappa shape index (κ1) is 9.67. The Hall–Kier alpha value is -1.88. The summed E-state index contributed by atoms with van der Waals surface area (Å²) in [6, 6.07) is 0. The fourth-order valence-corrected chi connectivity index (χ4v) is 1.70. The molecule has 0 radical (unpaired) electrons. The number of fused-ring (bicyclic) bond motifs is 1. The van der Waals surface area contributed by atoms with E-state index in [-0.39, 0.29) is 5.76 Å². The average Bonchev–Trinajstić information content (AvgIpc) is 2.60. The minimum Gasteiger partial charge on any atom is -0.506 e. The molecule has 1 heterocycles. The van der Waals surface area contributed by atoms with Gasteiger partial charge < -0.3 is 15.8 Å². The lowest BCUT2D eigenvalue weighted by Gasteiger charge is -2.08. The zero-order valence-electron chi connectivity index (χ0n) is 8.04. The molecular formula is C10H11N2O3+. The Morgan fingerprint density at radius 1 is 1.40 bits per heavy atom. The highest BCUT2D eigenvalue weighted by molar-refractivity contribution is 6.50. The number of quaternary nitrogens is 1. The molecule has 5 N–H and O–H groups in total. The Kier molecular flexibility index (Phi) is 2.17. The smallest absolute Gasteiger partial charge is 0.235 e. The maximum atomic E-state index is 11.6. The van der Waals surface area contributed by atoms with E-state index >= 15 is 0 Å². The predicted octanol–water partition coefficient (Wildman–Crippen LogP) is -0.537. The van der Waals surface area contributed by atoms with Crippen LogP contribution in [0.1, 0.15) is 21.6 Å². The first-order valence-corrected chi connectivity index (χ1v) is 4.64. The van der Waals surface area contributed by atoms with Crippen molar-refractivity contribution in [3.63, 3.8) is 0 Å². The molecule has 15 heavy (non-hydrogen) atoms. The van der Waals surface area contributed by atoms with Crippen molar-refractivity contribution >= 4 is 17.3 Å². The summed E-state index contributed by atoms with van der Waals surface area (Å²) < 4.78 is 0. The zero-order valence-corrected chi connectivity index (χ0v) is 8.04. The quantitative estimate of drug-likeness (QED) is 0.568. The Labute approximate surface area is 85.6 Å². The van der Waals surface area contributed by atoms with E-state index in [4.69, 9.17) is 0 Å². The van der Waals surface area contributed by atoms with Crippen molar-refractivity contribution in [2.24, 2.45) is 0 Å². The van der Waals surface area contributed by atoms with E-state index in [0.717, 1.165) is 11.6 Å². The minimum absolute atomic E-state index is 0.176. The topological polar surface area (TPSA) is 97.8 Å². The zero-order chi connectivity index (χ0) is 11.0. The molecule has 0 unspecified atom stereocenters. The first-order chi connectivity index (χ1) is 7.15. The van der Waals surface area contributed by atoms with Crippen LogP contribution in [0.15, 0.2) is 12.3 Å². The molecule has 5 nitrogen and oxygen atoms in total. The number of H-pyrrole nitrogens is 1. The van der Waals surface area contributed by atoms with Gasteiger partial charge in [0.05, 0.1) is 17.8 Å². The van der Waals surface area contributed by atoms with Gasteiger partial charge in [0.25, 0.3) is 0 Å². The van der Waals surface area contributed by atoms with Crippen molar-refractivity contribution in [1.29, 1.82) is 0 Å². The second-order valence-corrected chi connectivity index (χ2v) is 3.39. The van der Waals surface area contributed by atoms with Gasteiger partial charge >= 0.3 is 0 Å². The van der Waals surface area contributed by atoms with Gasteiger partial charge in [0, 0.05) is 18.7 Å². The summed E-state index contributed by atoms with van der Waals surface area (Å²) >= 11 is 0. The van der Waals surface area contributed by atoms with Gasteiger partial charge in [-0.3, -0.25) is 9.59 Å². The molecule has 2 rings (SSSR count). The summed E-state index contributed by atoms with van der Waals surface area (Å²) in [6.07, 6.45) is 3.18. The molecule has 0 fully saturated rings. The maximum Gasteiger partial charge on any atom is 0.235 e. The highest BCUT2D eigenvalue weighted by atomic mass is 16.3. The van der Waals surface area contributed by atoms with Gasteiger partial charge in [-0.25, -0.2) is 0 Å². The predicted molar refractivity (Wildman–Crippen MR) is 52.2 cm³/mol. The highest BCUT2D eigenvalue weighted by Gasteiger charge is 2.29. The van der Waals surface area contributed by atoms with Crippen LogP contribution in [0, 0.1) is 0 Å². The highest BCUT2D eigenvalue weighted by Crippen LogP contribution is 2.25. The second kappa shape index (κ2) is 3.36. The Bertz CT molecular complexity index is 471. The monoisotopic (exact) mass is 207 g/mol. The van der Waals surface area contributed by atoms with E-state index in [1.807, 2.05) is 0 Å². The van der Waals surface area contributed by atoms with Crippen molar-refractivity contribution in [2.45, 2.75) is 6.42 Å². The summed E-state index contributed by atoms with van der Waals surface area (Å²) in [5.41, 5.74) is 5.05. The summed E-state index contributed by atoms with van der Waals surface area (Å²) in [5.74, 6) is -1.41.